The van der Waals surface area contributed by atoms with Crippen molar-refractivity contribution in [3.8, 4) is 0 Å². The molecule has 0 fully saturated rings. The lowest BCUT2D eigenvalue weighted by Gasteiger charge is -2.07. The van der Waals surface area contributed by atoms with Gasteiger partial charge in [0.05, 0.1) is 6.20 Å². The summed E-state index contributed by atoms with van der Waals surface area (Å²) in [6.07, 6.45) is 1.14. The van der Waals surface area contributed by atoms with Crippen molar-refractivity contribution < 1.29 is 17.2 Å². The van der Waals surface area contributed by atoms with Crippen molar-refractivity contribution in [2.45, 2.75) is 4.90 Å². The third-order valence-corrected chi connectivity index (χ3v) is 3.98. The molecular formula is C8H6F2N4O2S2. The molecular weight excluding hydrogens is 286 g/mol. The van der Waals surface area contributed by atoms with E-state index >= 15 is 0 Å². The monoisotopic (exact) mass is 292 g/mol. The fraction of sp³-hybridized carbons (Fsp3) is 0. The Balaban J connectivity index is 2.48. The summed E-state index contributed by atoms with van der Waals surface area (Å²) in [6, 6.07) is 1.53. The largest absolute Gasteiger partial charge is 0.399 e. The summed E-state index contributed by atoms with van der Waals surface area (Å²) >= 11 is 0.760. The van der Waals surface area contributed by atoms with Crippen LogP contribution in [0, 0.1) is 11.6 Å². The fourth-order valence-electron chi connectivity index (χ4n) is 1.18. The Morgan fingerprint density at radius 3 is 2.67 bits per heavy atom. The van der Waals surface area contributed by atoms with Crippen LogP contribution >= 0.6 is 11.5 Å². The van der Waals surface area contributed by atoms with Gasteiger partial charge < -0.3 is 5.73 Å². The van der Waals surface area contributed by atoms with Crippen LogP contribution in [-0.2, 0) is 10.0 Å². The molecule has 0 aliphatic rings. The van der Waals surface area contributed by atoms with Crippen molar-refractivity contribution in [2.75, 3.05) is 10.5 Å². The van der Waals surface area contributed by atoms with Crippen molar-refractivity contribution in [3.05, 3.63) is 30.0 Å². The minimum absolute atomic E-state index is 0.0808. The zero-order valence-corrected chi connectivity index (χ0v) is 10.2. The second-order valence-corrected chi connectivity index (χ2v) is 5.64. The summed E-state index contributed by atoms with van der Waals surface area (Å²) in [5.41, 5.74) is 5.08. The number of halogens is 2. The number of sulfonamides is 1. The van der Waals surface area contributed by atoms with Crippen LogP contribution in [0.2, 0.25) is 0 Å². The van der Waals surface area contributed by atoms with E-state index in [0.717, 1.165) is 23.8 Å². The number of rotatable bonds is 3. The van der Waals surface area contributed by atoms with Gasteiger partial charge in [0.2, 0.25) is 0 Å². The standard InChI is InChI=1S/C8H6F2N4O2S2/c9-5-1-4(11)2-6(8(5)10)18(15,16)13-7-3-12-14-17-7/h1-3,13H,11H2. The van der Waals surface area contributed by atoms with Crippen LogP contribution < -0.4 is 10.5 Å². The maximum absolute atomic E-state index is 13.4. The second kappa shape index (κ2) is 4.46. The lowest BCUT2D eigenvalue weighted by Crippen LogP contribution is -2.15. The van der Waals surface area contributed by atoms with E-state index in [0.29, 0.717) is 6.07 Å². The van der Waals surface area contributed by atoms with Crippen LogP contribution in [-0.4, -0.2) is 18.0 Å². The van der Waals surface area contributed by atoms with E-state index < -0.39 is 26.6 Å². The first kappa shape index (κ1) is 12.6. The predicted molar refractivity (Wildman–Crippen MR) is 61.5 cm³/mol. The molecule has 1 heterocycles. The summed E-state index contributed by atoms with van der Waals surface area (Å²) in [7, 11) is -4.27. The van der Waals surface area contributed by atoms with Crippen molar-refractivity contribution in [1.82, 2.24) is 9.59 Å². The molecule has 1 aromatic heterocycles. The molecule has 0 bridgehead atoms. The lowest BCUT2D eigenvalue weighted by molar-refractivity contribution is 0.486. The van der Waals surface area contributed by atoms with E-state index in [-0.39, 0.29) is 10.7 Å². The molecule has 0 saturated carbocycles. The average molecular weight is 292 g/mol. The topological polar surface area (TPSA) is 98.0 Å². The Hall–Kier alpha value is -1.81. The van der Waals surface area contributed by atoms with Gasteiger partial charge in [-0.05, 0) is 12.1 Å². The first-order chi connectivity index (χ1) is 8.40. The van der Waals surface area contributed by atoms with Crippen molar-refractivity contribution >= 4 is 32.2 Å². The van der Waals surface area contributed by atoms with E-state index in [4.69, 9.17) is 5.73 Å². The Morgan fingerprint density at radius 2 is 2.06 bits per heavy atom. The highest BCUT2D eigenvalue weighted by Gasteiger charge is 2.23. The van der Waals surface area contributed by atoms with Gasteiger partial charge in [-0.1, -0.05) is 4.49 Å². The number of nitrogen functional groups attached to an aromatic ring is 1. The quantitative estimate of drug-likeness (QED) is 0.828. The van der Waals surface area contributed by atoms with Crippen LogP contribution in [0.4, 0.5) is 19.5 Å². The zero-order valence-electron chi connectivity index (χ0n) is 8.59. The van der Waals surface area contributed by atoms with E-state index in [2.05, 4.69) is 9.59 Å². The molecule has 96 valence electrons. The van der Waals surface area contributed by atoms with Crippen molar-refractivity contribution in [2.24, 2.45) is 0 Å². The molecule has 2 aromatic rings. The van der Waals surface area contributed by atoms with Gasteiger partial charge in [-0.2, -0.15) is 0 Å². The Kier molecular flexibility index (Phi) is 3.13. The molecule has 0 aliphatic heterocycles. The molecule has 0 unspecified atom stereocenters. The highest BCUT2D eigenvalue weighted by atomic mass is 32.2. The van der Waals surface area contributed by atoms with E-state index in [9.17, 15) is 17.2 Å². The summed E-state index contributed by atoms with van der Waals surface area (Å²) in [5, 5.41) is 3.49. The number of anilines is 2. The van der Waals surface area contributed by atoms with Gasteiger partial charge >= 0.3 is 0 Å². The molecule has 0 amide bonds. The smallest absolute Gasteiger partial charge is 0.265 e. The molecule has 18 heavy (non-hydrogen) atoms. The third-order valence-electron chi connectivity index (χ3n) is 1.90. The summed E-state index contributed by atoms with van der Waals surface area (Å²) in [5.74, 6) is -2.83. The molecule has 0 aliphatic carbocycles. The van der Waals surface area contributed by atoms with E-state index in [1.54, 1.807) is 0 Å². The molecule has 2 rings (SSSR count). The van der Waals surface area contributed by atoms with Gasteiger partial charge in [0.15, 0.2) is 11.6 Å². The van der Waals surface area contributed by atoms with E-state index in [1.807, 2.05) is 4.72 Å². The number of nitrogens with two attached hydrogens (primary N) is 1. The molecule has 0 radical (unpaired) electrons. The van der Waals surface area contributed by atoms with Gasteiger partial charge in [-0.25, -0.2) is 17.2 Å². The highest BCUT2D eigenvalue weighted by molar-refractivity contribution is 7.93. The third kappa shape index (κ3) is 2.38. The molecule has 0 atom stereocenters. The van der Waals surface area contributed by atoms with Gasteiger partial charge in [0.1, 0.15) is 9.90 Å². The SMILES string of the molecule is Nc1cc(F)c(F)c(S(=O)(=O)Nc2cnns2)c1. The molecule has 10 heteroatoms. The van der Waals surface area contributed by atoms with Gasteiger partial charge in [-0.15, -0.1) is 5.10 Å². The molecule has 3 N–H and O–H groups in total. The van der Waals surface area contributed by atoms with Gasteiger partial charge in [0, 0.05) is 17.2 Å². The maximum Gasteiger partial charge on any atom is 0.265 e. The summed E-state index contributed by atoms with van der Waals surface area (Å²) in [6.45, 7) is 0. The van der Waals surface area contributed by atoms with Crippen molar-refractivity contribution in [1.29, 1.82) is 0 Å². The second-order valence-electron chi connectivity index (χ2n) is 3.20. The van der Waals surface area contributed by atoms with Crippen LogP contribution in [0.5, 0.6) is 0 Å². The zero-order chi connectivity index (χ0) is 13.3. The number of hydrogen-bond donors (Lipinski definition) is 2. The minimum Gasteiger partial charge on any atom is -0.399 e. The van der Waals surface area contributed by atoms with Crippen LogP contribution in [0.3, 0.4) is 0 Å². The summed E-state index contributed by atoms with van der Waals surface area (Å²) < 4.78 is 55.6. The van der Waals surface area contributed by atoms with Gasteiger partial charge in [-0.3, -0.25) is 4.72 Å². The van der Waals surface area contributed by atoms with Crippen LogP contribution in [0.25, 0.3) is 0 Å². The number of hydrogen-bond acceptors (Lipinski definition) is 6. The van der Waals surface area contributed by atoms with Gasteiger partial charge in [0.25, 0.3) is 10.0 Å². The Labute approximate surface area is 105 Å². The average Bonchev–Trinajstić information content (AvgIpc) is 2.75. The van der Waals surface area contributed by atoms with Crippen LogP contribution in [0.1, 0.15) is 0 Å². The fourth-order valence-corrected chi connectivity index (χ4v) is 2.99. The number of nitrogens with one attached hydrogen (secondary N) is 1. The molecule has 0 saturated heterocycles. The Morgan fingerprint density at radius 1 is 1.33 bits per heavy atom. The highest BCUT2D eigenvalue weighted by Crippen LogP contribution is 2.24. The predicted octanol–water partition coefficient (Wildman–Crippen LogP) is 1.20. The first-order valence-corrected chi connectivity index (χ1v) is 6.70. The normalized spacial score (nSPS) is 11.4. The molecule has 1 aromatic carbocycles. The van der Waals surface area contributed by atoms with Crippen LogP contribution in [0.15, 0.2) is 23.2 Å². The molecule has 6 nitrogen and oxygen atoms in total. The number of benzene rings is 1. The van der Waals surface area contributed by atoms with E-state index in [1.165, 1.54) is 0 Å². The number of nitrogens with zero attached hydrogens (tertiary/aromatic N) is 2. The molecule has 0 spiro atoms. The van der Waals surface area contributed by atoms with Crippen molar-refractivity contribution in [3.63, 3.8) is 0 Å². The lowest BCUT2D eigenvalue weighted by atomic mass is 10.3. The number of aromatic nitrogens is 2. The first-order valence-electron chi connectivity index (χ1n) is 4.45. The summed E-state index contributed by atoms with van der Waals surface area (Å²) in [4.78, 5) is -0.867. The maximum atomic E-state index is 13.4. The minimum atomic E-state index is -4.27. The Bertz CT molecular complexity index is 673.